The second-order valence-electron chi connectivity index (χ2n) is 4.22. The van der Waals surface area contributed by atoms with Crippen LogP contribution in [0.3, 0.4) is 0 Å². The first-order valence-corrected chi connectivity index (χ1v) is 6.34. The molecule has 1 amide bonds. The fourth-order valence-corrected chi connectivity index (χ4v) is 1.61. The number of hydrogen-bond acceptors (Lipinski definition) is 4. The van der Waals surface area contributed by atoms with Gasteiger partial charge in [0.2, 0.25) is 0 Å². The zero-order valence-corrected chi connectivity index (χ0v) is 11.7. The Morgan fingerprint density at radius 1 is 1.42 bits per heavy atom. The Morgan fingerprint density at radius 3 is 2.89 bits per heavy atom. The van der Waals surface area contributed by atoms with Crippen molar-refractivity contribution in [1.82, 2.24) is 10.6 Å². The van der Waals surface area contributed by atoms with Gasteiger partial charge in [-0.15, -0.1) is 0 Å². The van der Waals surface area contributed by atoms with E-state index in [4.69, 9.17) is 9.47 Å². The van der Waals surface area contributed by atoms with E-state index in [9.17, 15) is 4.79 Å². The number of nitrogens with one attached hydrogen (secondary N) is 2. The molecule has 0 fully saturated rings. The van der Waals surface area contributed by atoms with E-state index in [1.807, 2.05) is 31.3 Å². The van der Waals surface area contributed by atoms with Crippen molar-refractivity contribution in [3.63, 3.8) is 0 Å². The molecule has 0 aromatic heterocycles. The van der Waals surface area contributed by atoms with E-state index in [2.05, 4.69) is 10.6 Å². The van der Waals surface area contributed by atoms with Gasteiger partial charge in [0.05, 0.1) is 6.61 Å². The lowest BCUT2D eigenvalue weighted by molar-refractivity contribution is -0.127. The highest BCUT2D eigenvalue weighted by molar-refractivity contribution is 5.80. The highest BCUT2D eigenvalue weighted by Crippen LogP contribution is 2.14. The number of hydrogen-bond donors (Lipinski definition) is 2. The van der Waals surface area contributed by atoms with Gasteiger partial charge in [0.1, 0.15) is 5.75 Å². The van der Waals surface area contributed by atoms with Crippen LogP contribution in [0.4, 0.5) is 0 Å². The Bertz CT molecular complexity index is 396. The second-order valence-corrected chi connectivity index (χ2v) is 4.22. The topological polar surface area (TPSA) is 59.6 Å². The Morgan fingerprint density at radius 2 is 2.21 bits per heavy atom. The van der Waals surface area contributed by atoms with Crippen molar-refractivity contribution in [3.8, 4) is 5.75 Å². The maximum atomic E-state index is 11.7. The van der Waals surface area contributed by atoms with Crippen LogP contribution in [0.1, 0.15) is 12.5 Å². The van der Waals surface area contributed by atoms with Gasteiger partial charge in [0.25, 0.3) is 5.91 Å². The summed E-state index contributed by atoms with van der Waals surface area (Å²) in [7, 11) is 3.48. The second kappa shape index (κ2) is 8.50. The largest absolute Gasteiger partial charge is 0.481 e. The number of rotatable bonds is 8. The van der Waals surface area contributed by atoms with Gasteiger partial charge in [-0.3, -0.25) is 4.79 Å². The molecule has 0 saturated heterocycles. The van der Waals surface area contributed by atoms with Crippen LogP contribution in [0.15, 0.2) is 24.3 Å². The number of carbonyl (C=O) groups excluding carboxylic acids is 1. The van der Waals surface area contributed by atoms with Crippen molar-refractivity contribution in [3.05, 3.63) is 29.8 Å². The molecule has 1 atom stereocenters. The maximum Gasteiger partial charge on any atom is 0.260 e. The van der Waals surface area contributed by atoms with Gasteiger partial charge in [0.15, 0.2) is 6.10 Å². The summed E-state index contributed by atoms with van der Waals surface area (Å²) < 4.78 is 10.5. The molecule has 0 aliphatic rings. The quantitative estimate of drug-likeness (QED) is 0.687. The summed E-state index contributed by atoms with van der Waals surface area (Å²) in [5.74, 6) is 0.554. The van der Waals surface area contributed by atoms with Crippen molar-refractivity contribution in [2.24, 2.45) is 0 Å². The van der Waals surface area contributed by atoms with Crippen LogP contribution < -0.4 is 15.4 Å². The lowest BCUT2D eigenvalue weighted by Gasteiger charge is -2.15. The first-order valence-electron chi connectivity index (χ1n) is 6.34. The molecular formula is C14H22N2O3. The minimum Gasteiger partial charge on any atom is -0.481 e. The van der Waals surface area contributed by atoms with E-state index in [-0.39, 0.29) is 5.91 Å². The van der Waals surface area contributed by atoms with Crippen molar-refractivity contribution < 1.29 is 14.3 Å². The number of benzene rings is 1. The SMILES string of the molecule is CNCc1cccc(OC(C)C(=O)NCCOC)c1. The van der Waals surface area contributed by atoms with E-state index in [1.165, 1.54) is 0 Å². The third kappa shape index (κ3) is 5.72. The van der Waals surface area contributed by atoms with E-state index >= 15 is 0 Å². The first kappa shape index (κ1) is 15.5. The van der Waals surface area contributed by atoms with Gasteiger partial charge in [-0.2, -0.15) is 0 Å². The molecule has 0 radical (unpaired) electrons. The number of amides is 1. The van der Waals surface area contributed by atoms with Gasteiger partial charge >= 0.3 is 0 Å². The molecular weight excluding hydrogens is 244 g/mol. The maximum absolute atomic E-state index is 11.7. The molecule has 1 aromatic carbocycles. The molecule has 0 spiro atoms. The molecule has 0 aliphatic carbocycles. The molecule has 1 aromatic rings. The zero-order chi connectivity index (χ0) is 14.1. The van der Waals surface area contributed by atoms with E-state index in [1.54, 1.807) is 14.0 Å². The van der Waals surface area contributed by atoms with Crippen LogP contribution in [0, 0.1) is 0 Å². The Kier molecular flexibility index (Phi) is 6.92. The van der Waals surface area contributed by atoms with Gasteiger partial charge < -0.3 is 20.1 Å². The summed E-state index contributed by atoms with van der Waals surface area (Å²) in [5.41, 5.74) is 1.12. The normalized spacial score (nSPS) is 11.9. The van der Waals surface area contributed by atoms with Crippen molar-refractivity contribution >= 4 is 5.91 Å². The Balaban J connectivity index is 2.48. The highest BCUT2D eigenvalue weighted by Gasteiger charge is 2.13. The van der Waals surface area contributed by atoms with Crippen LogP contribution in [0.25, 0.3) is 0 Å². The monoisotopic (exact) mass is 266 g/mol. The molecule has 0 bridgehead atoms. The highest BCUT2D eigenvalue weighted by atomic mass is 16.5. The predicted octanol–water partition coefficient (Wildman–Crippen LogP) is 0.936. The first-order chi connectivity index (χ1) is 9.17. The van der Waals surface area contributed by atoms with Gasteiger partial charge in [-0.05, 0) is 31.7 Å². The molecule has 106 valence electrons. The molecule has 5 nitrogen and oxygen atoms in total. The molecule has 2 N–H and O–H groups in total. The van der Waals surface area contributed by atoms with Crippen molar-refractivity contribution in [2.45, 2.75) is 19.6 Å². The zero-order valence-electron chi connectivity index (χ0n) is 11.7. The van der Waals surface area contributed by atoms with E-state index < -0.39 is 6.10 Å². The molecule has 0 saturated carbocycles. The van der Waals surface area contributed by atoms with Gasteiger partial charge in [-0.1, -0.05) is 12.1 Å². The van der Waals surface area contributed by atoms with E-state index in [0.29, 0.717) is 18.9 Å². The average molecular weight is 266 g/mol. The smallest absolute Gasteiger partial charge is 0.260 e. The molecule has 1 unspecified atom stereocenters. The van der Waals surface area contributed by atoms with Crippen LogP contribution in [-0.4, -0.2) is 39.3 Å². The molecule has 1 rings (SSSR count). The third-order valence-electron chi connectivity index (χ3n) is 2.57. The summed E-state index contributed by atoms with van der Waals surface area (Å²) >= 11 is 0. The Labute approximate surface area is 114 Å². The van der Waals surface area contributed by atoms with Crippen molar-refractivity contribution in [2.75, 3.05) is 27.3 Å². The summed E-state index contributed by atoms with van der Waals surface area (Å²) in [6, 6.07) is 7.69. The number of carbonyl (C=O) groups is 1. The van der Waals surface area contributed by atoms with E-state index in [0.717, 1.165) is 12.1 Å². The summed E-state index contributed by atoms with van der Waals surface area (Å²) in [6.07, 6.45) is -0.526. The fourth-order valence-electron chi connectivity index (χ4n) is 1.61. The molecule has 5 heteroatoms. The van der Waals surface area contributed by atoms with Gasteiger partial charge in [-0.25, -0.2) is 0 Å². The summed E-state index contributed by atoms with van der Waals surface area (Å²) in [6.45, 7) is 3.48. The van der Waals surface area contributed by atoms with Gasteiger partial charge in [0, 0.05) is 20.2 Å². The van der Waals surface area contributed by atoms with Crippen LogP contribution in [-0.2, 0) is 16.1 Å². The summed E-state index contributed by atoms with van der Waals surface area (Å²) in [5, 5.41) is 5.81. The average Bonchev–Trinajstić information content (AvgIpc) is 2.39. The third-order valence-corrected chi connectivity index (χ3v) is 2.57. The molecule has 19 heavy (non-hydrogen) atoms. The van der Waals surface area contributed by atoms with Crippen LogP contribution >= 0.6 is 0 Å². The minimum absolute atomic E-state index is 0.143. The number of ether oxygens (including phenoxy) is 2. The lowest BCUT2D eigenvalue weighted by atomic mass is 10.2. The molecule has 0 heterocycles. The van der Waals surface area contributed by atoms with Crippen molar-refractivity contribution in [1.29, 1.82) is 0 Å². The summed E-state index contributed by atoms with van der Waals surface area (Å²) in [4.78, 5) is 11.7. The Hall–Kier alpha value is -1.59. The van der Waals surface area contributed by atoms with Crippen LogP contribution in [0.2, 0.25) is 0 Å². The number of methoxy groups -OCH3 is 1. The molecule has 0 aliphatic heterocycles. The fraction of sp³-hybridized carbons (Fsp3) is 0.500. The lowest BCUT2D eigenvalue weighted by Crippen LogP contribution is -2.37. The standard InChI is InChI=1S/C14H22N2O3/c1-11(14(17)16-7-8-18-3)19-13-6-4-5-12(9-13)10-15-2/h4-6,9,11,15H,7-8,10H2,1-3H3,(H,16,17). The minimum atomic E-state index is -0.526. The predicted molar refractivity (Wildman–Crippen MR) is 74.2 cm³/mol. The van der Waals surface area contributed by atoms with Crippen LogP contribution in [0.5, 0.6) is 5.75 Å².